The SMILES string of the molecule is CCCOCCOCCOCCOCCOCCOCCOCCOCCC(=O)N[C@@H](CCCCNC(=O)CCCc1ccc(I)cc1)C(=O)OC(C)(C)C. The first-order chi connectivity index (χ1) is 26.6. The number of hydrogen-bond donors (Lipinski definition) is 2. The molecule has 2 amide bonds. The zero-order chi connectivity index (χ0) is 40.2. The maximum atomic E-state index is 12.8. The molecule has 15 heteroatoms. The molecule has 14 nitrogen and oxygen atoms in total. The number of hydrogen-bond acceptors (Lipinski definition) is 12. The Labute approximate surface area is 343 Å². The van der Waals surface area contributed by atoms with Crippen molar-refractivity contribution in [2.75, 3.05) is 112 Å². The van der Waals surface area contributed by atoms with Crippen LogP contribution in [-0.4, -0.2) is 142 Å². The molecule has 0 fully saturated rings. The van der Waals surface area contributed by atoms with Crippen molar-refractivity contribution < 1.29 is 57.0 Å². The van der Waals surface area contributed by atoms with Gasteiger partial charge in [-0.3, -0.25) is 9.59 Å². The Morgan fingerprint density at radius 1 is 0.600 bits per heavy atom. The van der Waals surface area contributed by atoms with Gasteiger partial charge in [0.15, 0.2) is 0 Å². The van der Waals surface area contributed by atoms with Crippen LogP contribution in [0.5, 0.6) is 0 Å². The van der Waals surface area contributed by atoms with E-state index in [9.17, 15) is 14.4 Å². The minimum absolute atomic E-state index is 0.0148. The van der Waals surface area contributed by atoms with Crippen molar-refractivity contribution in [1.82, 2.24) is 10.6 Å². The van der Waals surface area contributed by atoms with E-state index in [1.54, 1.807) is 20.8 Å². The standard InChI is InChI=1S/C40H69IN2O12/c1-5-18-47-20-22-49-24-26-51-28-30-53-32-33-54-31-29-52-27-25-50-23-21-48-19-16-38(45)43-36(39(46)55-40(2,3)4)10-6-7-17-42-37(44)11-8-9-34-12-14-35(41)15-13-34/h12-15,36H,5-11,16-33H2,1-4H3,(H,42,44)(H,43,45)/t36-/m0/s1. The maximum absolute atomic E-state index is 12.8. The third-order valence-corrected chi connectivity index (χ3v) is 8.20. The van der Waals surface area contributed by atoms with Crippen LogP contribution in [0, 0.1) is 3.57 Å². The molecule has 0 radical (unpaired) electrons. The predicted molar refractivity (Wildman–Crippen MR) is 218 cm³/mol. The van der Waals surface area contributed by atoms with Gasteiger partial charge in [0.1, 0.15) is 11.6 Å². The van der Waals surface area contributed by atoms with E-state index in [1.165, 1.54) is 9.13 Å². The average Bonchev–Trinajstić information content (AvgIpc) is 3.14. The molecule has 0 spiro atoms. The third-order valence-electron chi connectivity index (χ3n) is 7.48. The lowest BCUT2D eigenvalue weighted by Gasteiger charge is -2.24. The van der Waals surface area contributed by atoms with E-state index in [0.717, 1.165) is 25.9 Å². The Bertz CT molecular complexity index is 1090. The number of carbonyl (C=O) groups is 3. The average molecular weight is 897 g/mol. The van der Waals surface area contributed by atoms with Crippen molar-refractivity contribution in [1.29, 1.82) is 0 Å². The van der Waals surface area contributed by atoms with Crippen molar-refractivity contribution in [3.63, 3.8) is 0 Å². The lowest BCUT2D eigenvalue weighted by molar-refractivity contribution is -0.159. The highest BCUT2D eigenvalue weighted by Gasteiger charge is 2.26. The van der Waals surface area contributed by atoms with E-state index in [1.807, 2.05) is 0 Å². The molecule has 0 unspecified atom stereocenters. The summed E-state index contributed by atoms with van der Waals surface area (Å²) >= 11 is 2.28. The highest BCUT2D eigenvalue weighted by atomic mass is 127. The number of nitrogens with one attached hydrogen (secondary N) is 2. The first-order valence-corrected chi connectivity index (χ1v) is 20.8. The van der Waals surface area contributed by atoms with Crippen LogP contribution in [0.15, 0.2) is 24.3 Å². The van der Waals surface area contributed by atoms with Crippen LogP contribution in [0.2, 0.25) is 0 Å². The van der Waals surface area contributed by atoms with E-state index in [-0.39, 0.29) is 24.8 Å². The Kier molecular flexibility index (Phi) is 32.7. The van der Waals surface area contributed by atoms with Gasteiger partial charge in [0.25, 0.3) is 0 Å². The largest absolute Gasteiger partial charge is 0.458 e. The number of amides is 2. The predicted octanol–water partition coefficient (Wildman–Crippen LogP) is 4.66. The van der Waals surface area contributed by atoms with Gasteiger partial charge in [0.05, 0.1) is 99.1 Å². The second-order valence-electron chi connectivity index (χ2n) is 13.6. The first-order valence-electron chi connectivity index (χ1n) is 19.8. The van der Waals surface area contributed by atoms with Gasteiger partial charge in [-0.25, -0.2) is 4.79 Å². The van der Waals surface area contributed by atoms with Gasteiger partial charge in [-0.2, -0.15) is 0 Å². The molecule has 2 N–H and O–H groups in total. The summed E-state index contributed by atoms with van der Waals surface area (Å²) in [6.45, 7) is 15.6. The van der Waals surface area contributed by atoms with Crippen molar-refractivity contribution in [3.05, 3.63) is 33.4 Å². The monoisotopic (exact) mass is 896 g/mol. The number of carbonyl (C=O) groups excluding carboxylic acids is 3. The second kappa shape index (κ2) is 35.2. The number of ether oxygens (including phenoxy) is 9. The summed E-state index contributed by atoms with van der Waals surface area (Å²) in [6.07, 6.45) is 4.94. The molecule has 0 aliphatic carbocycles. The van der Waals surface area contributed by atoms with Gasteiger partial charge < -0.3 is 53.3 Å². The molecular weight excluding hydrogens is 827 g/mol. The molecule has 0 saturated heterocycles. The van der Waals surface area contributed by atoms with E-state index in [0.29, 0.717) is 125 Å². The molecule has 1 aromatic rings. The van der Waals surface area contributed by atoms with Crippen molar-refractivity contribution >= 4 is 40.4 Å². The molecule has 318 valence electrons. The summed E-state index contributed by atoms with van der Waals surface area (Å²) < 4.78 is 50.4. The van der Waals surface area contributed by atoms with Crippen LogP contribution in [-0.2, 0) is 63.4 Å². The topological polar surface area (TPSA) is 158 Å². The van der Waals surface area contributed by atoms with Crippen LogP contribution in [0.3, 0.4) is 0 Å². The van der Waals surface area contributed by atoms with Crippen molar-refractivity contribution in [2.24, 2.45) is 0 Å². The Hall–Kier alpha value is -1.96. The zero-order valence-corrected chi connectivity index (χ0v) is 36.0. The number of esters is 1. The Balaban J connectivity index is 2.01. The number of benzene rings is 1. The van der Waals surface area contributed by atoms with E-state index in [2.05, 4.69) is 64.4 Å². The molecule has 0 aromatic heterocycles. The van der Waals surface area contributed by atoms with Crippen LogP contribution in [0.25, 0.3) is 0 Å². The number of halogens is 1. The molecule has 1 rings (SSSR count). The fourth-order valence-electron chi connectivity index (χ4n) is 4.73. The quantitative estimate of drug-likeness (QED) is 0.0542. The summed E-state index contributed by atoms with van der Waals surface area (Å²) in [6, 6.07) is 7.54. The van der Waals surface area contributed by atoms with Gasteiger partial charge in [-0.1, -0.05) is 19.1 Å². The minimum atomic E-state index is -0.777. The summed E-state index contributed by atoms with van der Waals surface area (Å²) in [5.41, 5.74) is 0.541. The fraction of sp³-hybridized carbons (Fsp3) is 0.775. The molecule has 1 atom stereocenters. The molecule has 0 saturated carbocycles. The minimum Gasteiger partial charge on any atom is -0.458 e. The van der Waals surface area contributed by atoms with Crippen LogP contribution in [0.1, 0.15) is 78.2 Å². The zero-order valence-electron chi connectivity index (χ0n) is 33.8. The van der Waals surface area contributed by atoms with Crippen LogP contribution in [0.4, 0.5) is 0 Å². The van der Waals surface area contributed by atoms with Gasteiger partial charge in [0, 0.05) is 29.6 Å². The van der Waals surface area contributed by atoms with Gasteiger partial charge >= 0.3 is 5.97 Å². The molecule has 1 aromatic carbocycles. The third kappa shape index (κ3) is 33.9. The molecule has 0 bridgehead atoms. The lowest BCUT2D eigenvalue weighted by atomic mass is 10.1. The van der Waals surface area contributed by atoms with Gasteiger partial charge in [-0.05, 0) is 99.6 Å². The highest BCUT2D eigenvalue weighted by Crippen LogP contribution is 2.12. The number of rotatable bonds is 37. The Morgan fingerprint density at radius 2 is 1.05 bits per heavy atom. The van der Waals surface area contributed by atoms with Gasteiger partial charge in [0.2, 0.25) is 11.8 Å². The molecule has 0 aliphatic rings. The van der Waals surface area contributed by atoms with Crippen molar-refractivity contribution in [3.8, 4) is 0 Å². The summed E-state index contributed by atoms with van der Waals surface area (Å²) in [7, 11) is 0. The Morgan fingerprint density at radius 3 is 1.51 bits per heavy atom. The number of aryl methyl sites for hydroxylation is 1. The molecule has 0 heterocycles. The van der Waals surface area contributed by atoms with Gasteiger partial charge in [-0.15, -0.1) is 0 Å². The lowest BCUT2D eigenvalue weighted by Crippen LogP contribution is -2.44. The first kappa shape index (κ1) is 51.1. The molecule has 0 aliphatic heterocycles. The molecular formula is C40H69IN2O12. The van der Waals surface area contributed by atoms with Crippen molar-refractivity contribution in [2.45, 2.75) is 90.7 Å². The normalized spacial score (nSPS) is 12.1. The molecule has 55 heavy (non-hydrogen) atoms. The van der Waals surface area contributed by atoms with E-state index in [4.69, 9.17) is 42.6 Å². The van der Waals surface area contributed by atoms with Crippen LogP contribution >= 0.6 is 22.6 Å². The summed E-state index contributed by atoms with van der Waals surface area (Å²) in [4.78, 5) is 37.7. The number of unbranched alkanes of at least 4 members (excludes halogenated alkanes) is 1. The second-order valence-corrected chi connectivity index (χ2v) is 14.9. The van der Waals surface area contributed by atoms with E-state index >= 15 is 0 Å². The summed E-state index contributed by atoms with van der Waals surface area (Å²) in [5.74, 6) is -0.756. The van der Waals surface area contributed by atoms with Crippen LogP contribution < -0.4 is 10.6 Å². The summed E-state index contributed by atoms with van der Waals surface area (Å²) in [5, 5.41) is 5.75. The highest BCUT2D eigenvalue weighted by molar-refractivity contribution is 14.1. The smallest absolute Gasteiger partial charge is 0.329 e. The maximum Gasteiger partial charge on any atom is 0.329 e. The fourth-order valence-corrected chi connectivity index (χ4v) is 5.09. The van der Waals surface area contributed by atoms with E-state index < -0.39 is 17.6 Å².